The van der Waals surface area contributed by atoms with E-state index >= 15 is 0 Å². The summed E-state index contributed by atoms with van der Waals surface area (Å²) in [5, 5.41) is 9.05. The number of amides is 2. The van der Waals surface area contributed by atoms with Gasteiger partial charge >= 0.3 is 0 Å². The summed E-state index contributed by atoms with van der Waals surface area (Å²) < 4.78 is 10.7. The molecule has 0 spiro atoms. The first-order chi connectivity index (χ1) is 18.7. The fourth-order valence-electron chi connectivity index (χ4n) is 4.05. The van der Waals surface area contributed by atoms with Gasteiger partial charge in [-0.15, -0.1) is 0 Å². The number of hydrogen-bond acceptors (Lipinski definition) is 7. The molecule has 0 bridgehead atoms. The third-order valence-electron chi connectivity index (χ3n) is 5.84. The van der Waals surface area contributed by atoms with E-state index in [1.54, 1.807) is 48.5 Å². The minimum Gasteiger partial charge on any atom is -0.360 e. The lowest BCUT2D eigenvalue weighted by Crippen LogP contribution is -2.38. The molecule has 0 fully saturated rings. The maximum Gasteiger partial charge on any atom is 0.272 e. The first-order valence-corrected chi connectivity index (χ1v) is 12.8. The number of anilines is 1. The van der Waals surface area contributed by atoms with E-state index in [-0.39, 0.29) is 71.1 Å². The average Bonchev–Trinajstić information content (AvgIpc) is 3.47. The molecule has 12 heteroatoms. The molecular formula is C27H16Cl4N4O4. The van der Waals surface area contributed by atoms with Crippen molar-refractivity contribution in [1.29, 1.82) is 0 Å². The smallest absolute Gasteiger partial charge is 0.272 e. The van der Waals surface area contributed by atoms with E-state index in [2.05, 4.69) is 15.3 Å². The molecule has 0 saturated heterocycles. The summed E-state index contributed by atoms with van der Waals surface area (Å²) in [7, 11) is 0. The molecule has 0 aliphatic heterocycles. The summed E-state index contributed by atoms with van der Waals surface area (Å²) in [6.45, 7) is 3.07. The predicted octanol–water partition coefficient (Wildman–Crippen LogP) is 8.11. The van der Waals surface area contributed by atoms with Crippen molar-refractivity contribution in [3.8, 4) is 22.5 Å². The number of carbonyl (C=O) groups excluding carboxylic acids is 2. The fraction of sp³-hybridized carbons (Fsp3) is 0.0741. The van der Waals surface area contributed by atoms with Crippen LogP contribution in [0.1, 0.15) is 32.2 Å². The van der Waals surface area contributed by atoms with Crippen LogP contribution in [0, 0.1) is 13.8 Å². The first kappa shape index (κ1) is 26.9. The van der Waals surface area contributed by atoms with Crippen LogP contribution in [0.25, 0.3) is 22.5 Å². The molecular weight excluding hydrogens is 586 g/mol. The van der Waals surface area contributed by atoms with Gasteiger partial charge in [0.1, 0.15) is 39.9 Å². The van der Waals surface area contributed by atoms with Gasteiger partial charge in [-0.05, 0) is 50.2 Å². The Balaban J connectivity index is 1.71. The monoisotopic (exact) mass is 600 g/mol. The molecule has 0 unspecified atom stereocenters. The minimum absolute atomic E-state index is 0.0288. The van der Waals surface area contributed by atoms with Gasteiger partial charge in [-0.2, -0.15) is 0 Å². The average molecular weight is 602 g/mol. The zero-order valence-electron chi connectivity index (χ0n) is 20.2. The molecule has 5 rings (SSSR count). The minimum atomic E-state index is -0.791. The Bertz CT molecular complexity index is 1590. The number of imide groups is 1. The van der Waals surface area contributed by atoms with Crippen LogP contribution in [0.2, 0.25) is 20.1 Å². The van der Waals surface area contributed by atoms with Gasteiger partial charge in [0.15, 0.2) is 0 Å². The summed E-state index contributed by atoms with van der Waals surface area (Å²) in [4.78, 5) is 33.6. The first-order valence-electron chi connectivity index (χ1n) is 11.3. The molecule has 0 atom stereocenters. The summed E-state index contributed by atoms with van der Waals surface area (Å²) in [5.41, 5.74) is 0.626. The normalized spacial score (nSPS) is 11.0. The van der Waals surface area contributed by atoms with Crippen LogP contribution in [0.15, 0.2) is 69.8 Å². The largest absolute Gasteiger partial charge is 0.360 e. The number of nitrogens with zero attached hydrogens (tertiary/aromatic N) is 4. The molecule has 3 heterocycles. The van der Waals surface area contributed by atoms with Crippen molar-refractivity contribution in [3.05, 3.63) is 104 Å². The topological polar surface area (TPSA) is 102 Å². The van der Waals surface area contributed by atoms with Gasteiger partial charge in [0, 0.05) is 17.3 Å². The highest BCUT2D eigenvalue weighted by atomic mass is 35.5. The zero-order chi connectivity index (χ0) is 27.8. The molecule has 8 nitrogen and oxygen atoms in total. The van der Waals surface area contributed by atoms with Crippen LogP contribution >= 0.6 is 46.4 Å². The Morgan fingerprint density at radius 3 is 1.49 bits per heavy atom. The van der Waals surface area contributed by atoms with E-state index in [4.69, 9.17) is 55.4 Å². The maximum absolute atomic E-state index is 14.2. The van der Waals surface area contributed by atoms with Crippen LogP contribution in [0.3, 0.4) is 0 Å². The molecule has 0 radical (unpaired) electrons. The molecule has 5 aromatic rings. The van der Waals surface area contributed by atoms with E-state index in [9.17, 15) is 9.59 Å². The van der Waals surface area contributed by atoms with Gasteiger partial charge in [0.25, 0.3) is 11.8 Å². The van der Waals surface area contributed by atoms with E-state index < -0.39 is 11.8 Å². The number of carbonyl (C=O) groups is 2. The van der Waals surface area contributed by atoms with Crippen LogP contribution in [0.5, 0.6) is 0 Å². The number of rotatable bonds is 5. The number of pyridine rings is 1. The number of halogens is 4. The van der Waals surface area contributed by atoms with E-state index in [0.29, 0.717) is 0 Å². The Labute approximate surface area is 242 Å². The lowest BCUT2D eigenvalue weighted by molar-refractivity contribution is 0.0895. The summed E-state index contributed by atoms with van der Waals surface area (Å²) in [6, 6.07) is 14.5. The van der Waals surface area contributed by atoms with Crippen molar-refractivity contribution in [2.75, 3.05) is 4.90 Å². The van der Waals surface area contributed by atoms with E-state index in [0.717, 1.165) is 4.90 Å². The van der Waals surface area contributed by atoms with Crippen molar-refractivity contribution >= 4 is 64.0 Å². The standard InChI is InChI=1S/C27H16Cl4N4O4/c1-13-20(24(33-38-13)22-15(28)7-5-8-16(22)29)26(36)35(19-11-3-4-12-32-19)27(37)21-14(2)39-34-25(21)23-17(30)9-6-10-18(23)31/h3-12H,1-2H3. The number of aryl methyl sites for hydroxylation is 2. The van der Waals surface area contributed by atoms with Gasteiger partial charge in [-0.3, -0.25) is 9.59 Å². The molecule has 2 amide bonds. The summed E-state index contributed by atoms with van der Waals surface area (Å²) in [5.74, 6) is -1.28. The summed E-state index contributed by atoms with van der Waals surface area (Å²) in [6.07, 6.45) is 1.45. The SMILES string of the molecule is Cc1onc(-c2c(Cl)cccc2Cl)c1C(=O)N(C(=O)c1c(-c2c(Cl)cccc2Cl)noc1C)c1ccccn1. The van der Waals surface area contributed by atoms with Crippen molar-refractivity contribution in [2.45, 2.75) is 13.8 Å². The third kappa shape index (κ3) is 4.81. The maximum atomic E-state index is 14.2. The molecule has 196 valence electrons. The fourth-order valence-corrected chi connectivity index (χ4v) is 5.20. The molecule has 0 saturated carbocycles. The van der Waals surface area contributed by atoms with Gasteiger partial charge < -0.3 is 9.05 Å². The number of aromatic nitrogens is 3. The van der Waals surface area contributed by atoms with Crippen molar-refractivity contribution in [2.24, 2.45) is 0 Å². The molecule has 0 N–H and O–H groups in total. The van der Waals surface area contributed by atoms with Gasteiger partial charge in [-0.1, -0.05) is 74.9 Å². The van der Waals surface area contributed by atoms with Crippen LogP contribution < -0.4 is 4.90 Å². The van der Waals surface area contributed by atoms with E-state index in [1.165, 1.54) is 26.1 Å². The van der Waals surface area contributed by atoms with Crippen LogP contribution in [0.4, 0.5) is 5.82 Å². The van der Waals surface area contributed by atoms with Crippen LogP contribution in [-0.4, -0.2) is 27.1 Å². The molecule has 39 heavy (non-hydrogen) atoms. The van der Waals surface area contributed by atoms with Crippen molar-refractivity contribution in [1.82, 2.24) is 15.3 Å². The molecule has 2 aromatic carbocycles. The molecule has 3 aromatic heterocycles. The second-order valence-corrected chi connectivity index (χ2v) is 9.88. The van der Waals surface area contributed by atoms with Crippen molar-refractivity contribution < 1.29 is 18.6 Å². The van der Waals surface area contributed by atoms with Gasteiger partial charge in [0.05, 0.1) is 20.1 Å². The number of benzene rings is 2. The second kappa shape index (κ2) is 10.8. The predicted molar refractivity (Wildman–Crippen MR) is 149 cm³/mol. The molecule has 0 aliphatic carbocycles. The van der Waals surface area contributed by atoms with Gasteiger partial charge in [-0.25, -0.2) is 9.88 Å². The van der Waals surface area contributed by atoms with Crippen molar-refractivity contribution in [3.63, 3.8) is 0 Å². The Morgan fingerprint density at radius 2 is 1.10 bits per heavy atom. The third-order valence-corrected chi connectivity index (χ3v) is 7.10. The highest BCUT2D eigenvalue weighted by Crippen LogP contribution is 2.40. The quantitative estimate of drug-likeness (QED) is 0.187. The highest BCUT2D eigenvalue weighted by molar-refractivity contribution is 6.40. The van der Waals surface area contributed by atoms with Gasteiger partial charge in [0.2, 0.25) is 0 Å². The summed E-state index contributed by atoms with van der Waals surface area (Å²) >= 11 is 25.7. The Morgan fingerprint density at radius 1 is 0.667 bits per heavy atom. The number of hydrogen-bond donors (Lipinski definition) is 0. The van der Waals surface area contributed by atoms with E-state index in [1.807, 2.05) is 0 Å². The van der Waals surface area contributed by atoms with Crippen LogP contribution in [-0.2, 0) is 0 Å². The Hall–Kier alpha value is -3.69. The second-order valence-electron chi connectivity index (χ2n) is 8.25. The Kier molecular flexibility index (Phi) is 7.46. The highest BCUT2D eigenvalue weighted by Gasteiger charge is 2.37. The lowest BCUT2D eigenvalue weighted by atomic mass is 10.0. The molecule has 0 aliphatic rings. The lowest BCUT2D eigenvalue weighted by Gasteiger charge is -2.20. The zero-order valence-corrected chi connectivity index (χ0v) is 23.2.